The van der Waals surface area contributed by atoms with Crippen LogP contribution < -0.4 is 9.30 Å². The van der Waals surface area contributed by atoms with Crippen LogP contribution in [-0.2, 0) is 11.3 Å². The Morgan fingerprint density at radius 2 is 2.10 bits per heavy atom. The van der Waals surface area contributed by atoms with Crippen molar-refractivity contribution in [2.45, 2.75) is 19.0 Å². The maximum atomic E-state index is 12.6. The molecule has 3 heterocycles. The molecular formula is C24H20N5O2+. The van der Waals surface area contributed by atoms with E-state index in [1.807, 2.05) is 65.6 Å². The van der Waals surface area contributed by atoms with Crippen LogP contribution in [0.15, 0.2) is 71.6 Å². The van der Waals surface area contributed by atoms with E-state index in [0.717, 1.165) is 27.7 Å². The van der Waals surface area contributed by atoms with E-state index < -0.39 is 6.04 Å². The van der Waals surface area contributed by atoms with E-state index in [1.165, 1.54) is 0 Å². The summed E-state index contributed by atoms with van der Waals surface area (Å²) in [6, 6.07) is 15.3. The molecule has 31 heavy (non-hydrogen) atoms. The SMILES string of the molecule is CN1C=C(c2ccc3[nH]c[n+](CCC#N)c3c2Oc2ccccc2)C2=CC=NC2C1=O. The molecule has 5 rings (SSSR count). The monoisotopic (exact) mass is 410 g/mol. The summed E-state index contributed by atoms with van der Waals surface area (Å²) in [7, 11) is 1.74. The van der Waals surface area contributed by atoms with Crippen LogP contribution in [0.4, 0.5) is 0 Å². The lowest BCUT2D eigenvalue weighted by molar-refractivity contribution is -0.670. The molecule has 0 saturated heterocycles. The molecule has 2 aliphatic heterocycles. The lowest BCUT2D eigenvalue weighted by Gasteiger charge is -2.27. The van der Waals surface area contributed by atoms with Gasteiger partial charge in [0.2, 0.25) is 11.8 Å². The number of fused-ring (bicyclic) bond motifs is 2. The summed E-state index contributed by atoms with van der Waals surface area (Å²) >= 11 is 0. The molecular weight excluding hydrogens is 390 g/mol. The number of H-pyrrole nitrogens is 1. The molecule has 152 valence electrons. The van der Waals surface area contributed by atoms with E-state index in [1.54, 1.807) is 18.2 Å². The molecule has 1 atom stereocenters. The van der Waals surface area contributed by atoms with Gasteiger partial charge in [0, 0.05) is 30.6 Å². The van der Waals surface area contributed by atoms with Crippen LogP contribution in [0.5, 0.6) is 11.5 Å². The summed E-state index contributed by atoms with van der Waals surface area (Å²) in [5.41, 5.74) is 4.39. The largest absolute Gasteiger partial charge is 0.452 e. The van der Waals surface area contributed by atoms with Crippen molar-refractivity contribution in [2.75, 3.05) is 7.05 Å². The Labute approximate surface area is 179 Å². The number of amides is 1. The lowest BCUT2D eigenvalue weighted by Crippen LogP contribution is -2.36. The summed E-state index contributed by atoms with van der Waals surface area (Å²) in [4.78, 5) is 21.8. The minimum Gasteiger partial charge on any atom is -0.452 e. The van der Waals surface area contributed by atoms with Crippen molar-refractivity contribution in [1.82, 2.24) is 9.88 Å². The lowest BCUT2D eigenvalue weighted by atomic mass is 9.90. The van der Waals surface area contributed by atoms with Gasteiger partial charge in [-0.2, -0.15) is 5.26 Å². The first-order chi connectivity index (χ1) is 15.2. The van der Waals surface area contributed by atoms with Gasteiger partial charge in [-0.05, 0) is 35.9 Å². The summed E-state index contributed by atoms with van der Waals surface area (Å²) < 4.78 is 8.43. The second-order valence-electron chi connectivity index (χ2n) is 7.44. The number of ether oxygens (including phenoxy) is 1. The van der Waals surface area contributed by atoms with Crippen LogP contribution in [0.3, 0.4) is 0 Å². The molecule has 2 aliphatic rings. The van der Waals surface area contributed by atoms with Gasteiger partial charge in [-0.15, -0.1) is 0 Å². The summed E-state index contributed by atoms with van der Waals surface area (Å²) in [6.07, 6.45) is 7.65. The Kier molecular flexibility index (Phi) is 4.60. The summed E-state index contributed by atoms with van der Waals surface area (Å²) in [6.45, 7) is 0.539. The molecule has 7 nitrogen and oxygen atoms in total. The first kappa shape index (κ1) is 18.8. The van der Waals surface area contributed by atoms with E-state index in [0.29, 0.717) is 24.5 Å². The minimum atomic E-state index is -0.526. The highest BCUT2D eigenvalue weighted by Gasteiger charge is 2.35. The first-order valence-corrected chi connectivity index (χ1v) is 10.0. The van der Waals surface area contributed by atoms with Crippen LogP contribution in [0.1, 0.15) is 12.0 Å². The zero-order chi connectivity index (χ0) is 21.4. The molecule has 3 aromatic rings. The number of hydrogen-bond acceptors (Lipinski definition) is 4. The second-order valence-corrected chi connectivity index (χ2v) is 7.44. The van der Waals surface area contributed by atoms with Crippen LogP contribution in [-0.4, -0.2) is 35.1 Å². The number of hydrogen-bond donors (Lipinski definition) is 1. The van der Waals surface area contributed by atoms with Crippen LogP contribution in [0, 0.1) is 11.3 Å². The Hall–Kier alpha value is -4.18. The van der Waals surface area contributed by atoms with Crippen molar-refractivity contribution in [3.8, 4) is 17.6 Å². The topological polar surface area (TPSA) is 85.4 Å². The fraction of sp³-hybridized carbons (Fsp3) is 0.167. The van der Waals surface area contributed by atoms with E-state index in [4.69, 9.17) is 10.00 Å². The van der Waals surface area contributed by atoms with Gasteiger partial charge in [0.05, 0.1) is 12.5 Å². The molecule has 1 N–H and O–H groups in total. The Balaban J connectivity index is 1.73. The highest BCUT2D eigenvalue weighted by Crippen LogP contribution is 2.41. The van der Waals surface area contributed by atoms with E-state index in [2.05, 4.69) is 16.0 Å². The van der Waals surface area contributed by atoms with E-state index in [-0.39, 0.29) is 5.91 Å². The predicted molar refractivity (Wildman–Crippen MR) is 116 cm³/mol. The smallest absolute Gasteiger partial charge is 0.255 e. The number of carbonyl (C=O) groups excluding carboxylic acids is 1. The molecule has 0 saturated carbocycles. The molecule has 2 aromatic carbocycles. The number of imidazole rings is 1. The third-order valence-electron chi connectivity index (χ3n) is 5.51. The summed E-state index contributed by atoms with van der Waals surface area (Å²) in [5.74, 6) is 1.32. The summed E-state index contributed by atoms with van der Waals surface area (Å²) in [5, 5.41) is 9.08. The number of aromatic nitrogens is 2. The zero-order valence-electron chi connectivity index (χ0n) is 16.9. The van der Waals surface area contributed by atoms with Gasteiger partial charge >= 0.3 is 0 Å². The Morgan fingerprint density at radius 1 is 1.26 bits per heavy atom. The van der Waals surface area contributed by atoms with Gasteiger partial charge in [-0.3, -0.25) is 9.79 Å². The fourth-order valence-electron chi connectivity index (χ4n) is 4.02. The first-order valence-electron chi connectivity index (χ1n) is 10.0. The quantitative estimate of drug-likeness (QED) is 0.655. The number of likely N-dealkylation sites (N-methyl/N-ethyl adjacent to an activating group) is 1. The predicted octanol–water partition coefficient (Wildman–Crippen LogP) is 3.35. The van der Waals surface area contributed by atoms with Crippen LogP contribution >= 0.6 is 0 Å². The molecule has 1 unspecified atom stereocenters. The number of nitrogens with zero attached hydrogens (tertiary/aromatic N) is 4. The van der Waals surface area contributed by atoms with Crippen molar-refractivity contribution in [1.29, 1.82) is 5.26 Å². The van der Waals surface area contributed by atoms with Gasteiger partial charge in [0.15, 0.2) is 17.3 Å². The van der Waals surface area contributed by atoms with E-state index >= 15 is 0 Å². The van der Waals surface area contributed by atoms with Crippen molar-refractivity contribution in [2.24, 2.45) is 4.99 Å². The molecule has 0 aliphatic carbocycles. The number of para-hydroxylation sites is 1. The van der Waals surface area contributed by atoms with Crippen molar-refractivity contribution in [3.05, 3.63) is 72.2 Å². The highest BCUT2D eigenvalue weighted by atomic mass is 16.5. The van der Waals surface area contributed by atoms with Crippen LogP contribution in [0.25, 0.3) is 16.6 Å². The standard InChI is InChI=1S/C24H19N5O2/c1-28-14-19(17-10-12-26-21(17)24(28)30)18-8-9-20-22(29(15-27-20)13-5-11-25)23(18)31-16-6-3-2-4-7-16/h2-4,6-10,12,14-15,21H,5,13H2,1H3/p+1. The van der Waals surface area contributed by atoms with Gasteiger partial charge in [-0.25, -0.2) is 9.55 Å². The number of allylic oxidation sites excluding steroid dienone is 1. The molecule has 0 fully saturated rings. The highest BCUT2D eigenvalue weighted by molar-refractivity contribution is 6.05. The molecule has 0 bridgehead atoms. The third kappa shape index (κ3) is 3.19. The average molecular weight is 410 g/mol. The number of rotatable bonds is 5. The molecule has 1 aromatic heterocycles. The molecule has 7 heteroatoms. The molecule has 0 spiro atoms. The number of benzene rings is 2. The molecule has 1 amide bonds. The van der Waals surface area contributed by atoms with Gasteiger partial charge in [0.25, 0.3) is 5.91 Å². The second kappa shape index (κ2) is 7.58. The van der Waals surface area contributed by atoms with Crippen molar-refractivity contribution in [3.63, 3.8) is 0 Å². The van der Waals surface area contributed by atoms with Crippen molar-refractivity contribution < 1.29 is 14.1 Å². The Morgan fingerprint density at radius 3 is 2.90 bits per heavy atom. The van der Waals surface area contributed by atoms with Gasteiger partial charge < -0.3 is 9.64 Å². The van der Waals surface area contributed by atoms with Crippen LogP contribution in [0.2, 0.25) is 0 Å². The van der Waals surface area contributed by atoms with Crippen molar-refractivity contribution >= 4 is 28.7 Å². The maximum Gasteiger partial charge on any atom is 0.255 e. The van der Waals surface area contributed by atoms with Gasteiger partial charge in [0.1, 0.15) is 12.3 Å². The van der Waals surface area contributed by atoms with Gasteiger partial charge in [-0.1, -0.05) is 18.2 Å². The minimum absolute atomic E-state index is 0.0546. The number of aliphatic imine (C=N–C) groups is 1. The number of aryl methyl sites for hydroxylation is 1. The fourth-order valence-corrected chi connectivity index (χ4v) is 4.02. The Bertz CT molecular complexity index is 1310. The normalized spacial score (nSPS) is 17.4. The zero-order valence-corrected chi connectivity index (χ0v) is 16.9. The molecule has 0 radical (unpaired) electrons. The third-order valence-corrected chi connectivity index (χ3v) is 5.51. The number of nitrogens with one attached hydrogen (secondary N) is 1. The number of carbonyl (C=O) groups is 1. The number of nitriles is 1. The van der Waals surface area contributed by atoms with E-state index in [9.17, 15) is 4.79 Å². The average Bonchev–Trinajstić information content (AvgIpc) is 3.44. The number of aromatic amines is 1. The maximum absolute atomic E-state index is 12.6.